The first-order chi connectivity index (χ1) is 15.0. The molecule has 164 valence electrons. The first-order valence-corrected chi connectivity index (χ1v) is 12.2. The second kappa shape index (κ2) is 11.5. The van der Waals surface area contributed by atoms with Crippen molar-refractivity contribution in [3.05, 3.63) is 76.3 Å². The summed E-state index contributed by atoms with van der Waals surface area (Å²) in [4.78, 5) is 17.1. The lowest BCUT2D eigenvalue weighted by Gasteiger charge is -2.23. The lowest BCUT2D eigenvalue weighted by molar-refractivity contribution is 0.103. The molecule has 3 nitrogen and oxygen atoms in total. The second-order valence-electron chi connectivity index (χ2n) is 7.83. The molecule has 0 atom stereocenters. The van der Waals surface area contributed by atoms with Crippen molar-refractivity contribution in [1.29, 1.82) is 0 Å². The largest absolute Gasteiger partial charge is 0.390 e. The molecule has 0 spiro atoms. The maximum Gasteiger partial charge on any atom is 0.196 e. The van der Waals surface area contributed by atoms with Gasteiger partial charge in [-0.2, -0.15) is 0 Å². The Labute approximate surface area is 194 Å². The number of thiophene rings is 1. The van der Waals surface area contributed by atoms with Gasteiger partial charge in [0.15, 0.2) is 5.78 Å². The van der Waals surface area contributed by atoms with Gasteiger partial charge in [0.1, 0.15) is 0 Å². The Balaban J connectivity index is 2.06. The molecule has 2 aromatic carbocycles. The van der Waals surface area contributed by atoms with Gasteiger partial charge in [0, 0.05) is 22.0 Å². The molecule has 31 heavy (non-hydrogen) atoms. The number of carbonyl (C=O) groups is 1. The molecule has 0 aliphatic heterocycles. The smallest absolute Gasteiger partial charge is 0.196 e. The summed E-state index contributed by atoms with van der Waals surface area (Å²) < 4.78 is 0. The Morgan fingerprint density at radius 3 is 2.16 bits per heavy atom. The third-order valence-corrected chi connectivity index (χ3v) is 6.80. The number of carbonyl (C=O) groups excluding carboxylic acids is 1. The summed E-state index contributed by atoms with van der Waals surface area (Å²) in [6.07, 6.45) is 4.59. The number of rotatable bonds is 11. The molecule has 0 bridgehead atoms. The SMILES string of the molecule is CCCCN(CCCC)Cc1c(-c2ccccc2)sc(N)c1C(=O)c1ccc(Cl)cc1. The van der Waals surface area contributed by atoms with Gasteiger partial charge >= 0.3 is 0 Å². The van der Waals surface area contributed by atoms with E-state index < -0.39 is 0 Å². The predicted molar refractivity (Wildman–Crippen MR) is 134 cm³/mol. The first kappa shape index (κ1) is 23.5. The highest BCUT2D eigenvalue weighted by molar-refractivity contribution is 7.20. The summed E-state index contributed by atoms with van der Waals surface area (Å²) in [5.74, 6) is -0.0338. The first-order valence-electron chi connectivity index (χ1n) is 11.0. The van der Waals surface area contributed by atoms with Gasteiger partial charge in [0.25, 0.3) is 0 Å². The van der Waals surface area contributed by atoms with Gasteiger partial charge in [0.2, 0.25) is 0 Å². The maximum atomic E-state index is 13.5. The van der Waals surface area contributed by atoms with E-state index in [4.69, 9.17) is 17.3 Å². The molecule has 0 saturated heterocycles. The highest BCUT2D eigenvalue weighted by Crippen LogP contribution is 2.40. The van der Waals surface area contributed by atoms with Gasteiger partial charge in [-0.25, -0.2) is 0 Å². The number of halogens is 1. The summed E-state index contributed by atoms with van der Waals surface area (Å²) in [6, 6.07) is 17.3. The molecule has 2 N–H and O–H groups in total. The summed E-state index contributed by atoms with van der Waals surface area (Å²) >= 11 is 7.55. The van der Waals surface area contributed by atoms with Crippen LogP contribution in [0.4, 0.5) is 5.00 Å². The fourth-order valence-electron chi connectivity index (χ4n) is 3.71. The number of nitrogens with two attached hydrogens (primary N) is 1. The van der Waals surface area contributed by atoms with Crippen molar-refractivity contribution < 1.29 is 4.79 Å². The topological polar surface area (TPSA) is 46.3 Å². The molecule has 0 saturated carbocycles. The van der Waals surface area contributed by atoms with Crippen LogP contribution in [0.5, 0.6) is 0 Å². The maximum absolute atomic E-state index is 13.5. The molecule has 0 fully saturated rings. The van der Waals surface area contributed by atoms with E-state index in [1.807, 2.05) is 18.2 Å². The van der Waals surface area contributed by atoms with Gasteiger partial charge in [-0.3, -0.25) is 9.69 Å². The van der Waals surface area contributed by atoms with Crippen molar-refractivity contribution in [2.45, 2.75) is 46.1 Å². The number of anilines is 1. The number of nitrogen functional groups attached to an aromatic ring is 1. The monoisotopic (exact) mass is 454 g/mol. The average Bonchev–Trinajstić information content (AvgIpc) is 3.11. The molecule has 0 unspecified atom stereocenters. The van der Waals surface area contributed by atoms with E-state index in [2.05, 4.69) is 30.9 Å². The molecule has 3 rings (SSSR count). The number of benzene rings is 2. The van der Waals surface area contributed by atoms with Crippen molar-refractivity contribution in [2.75, 3.05) is 18.8 Å². The van der Waals surface area contributed by atoms with E-state index in [1.54, 1.807) is 24.3 Å². The molecule has 0 radical (unpaired) electrons. The number of hydrogen-bond acceptors (Lipinski definition) is 4. The molecule has 0 aliphatic carbocycles. The summed E-state index contributed by atoms with van der Waals surface area (Å²) in [5, 5.41) is 1.20. The van der Waals surface area contributed by atoms with E-state index in [1.165, 1.54) is 11.3 Å². The average molecular weight is 455 g/mol. The Hall–Kier alpha value is -2.14. The molecule has 0 aliphatic rings. The van der Waals surface area contributed by atoms with Crippen LogP contribution in [0.25, 0.3) is 10.4 Å². The van der Waals surface area contributed by atoms with E-state index in [0.29, 0.717) is 21.2 Å². The van der Waals surface area contributed by atoms with Gasteiger partial charge in [-0.05, 0) is 61.3 Å². The normalized spacial score (nSPS) is 11.2. The van der Waals surface area contributed by atoms with Crippen LogP contribution < -0.4 is 5.73 Å². The zero-order valence-corrected chi connectivity index (χ0v) is 19.9. The fraction of sp³-hybridized carbons (Fsp3) is 0.346. The Morgan fingerprint density at radius 2 is 1.58 bits per heavy atom. The quantitative estimate of drug-likeness (QED) is 0.309. The van der Waals surface area contributed by atoms with E-state index in [-0.39, 0.29) is 5.78 Å². The number of hydrogen-bond donors (Lipinski definition) is 1. The van der Waals surface area contributed by atoms with E-state index >= 15 is 0 Å². The van der Waals surface area contributed by atoms with Crippen molar-refractivity contribution in [1.82, 2.24) is 4.90 Å². The summed E-state index contributed by atoms with van der Waals surface area (Å²) in [6.45, 7) is 7.20. The Bertz CT molecular complexity index is 975. The minimum absolute atomic E-state index is 0.0338. The Morgan fingerprint density at radius 1 is 0.968 bits per heavy atom. The third kappa shape index (κ3) is 5.97. The van der Waals surface area contributed by atoms with Crippen molar-refractivity contribution in [3.8, 4) is 10.4 Å². The van der Waals surface area contributed by atoms with Crippen molar-refractivity contribution >= 4 is 33.7 Å². The lowest BCUT2D eigenvalue weighted by atomic mass is 9.97. The molecule has 1 heterocycles. The minimum Gasteiger partial charge on any atom is -0.390 e. The number of unbranched alkanes of at least 4 members (excludes halogenated alkanes) is 2. The summed E-state index contributed by atoms with van der Waals surface area (Å²) in [7, 11) is 0. The molecular formula is C26H31ClN2OS. The molecule has 1 aromatic heterocycles. The zero-order chi connectivity index (χ0) is 22.2. The molecule has 5 heteroatoms. The van der Waals surface area contributed by atoms with Gasteiger partial charge in [-0.15, -0.1) is 11.3 Å². The van der Waals surface area contributed by atoms with Crippen LogP contribution in [0.15, 0.2) is 54.6 Å². The zero-order valence-electron chi connectivity index (χ0n) is 18.4. The van der Waals surface area contributed by atoms with Crippen LogP contribution in [-0.4, -0.2) is 23.8 Å². The number of ketones is 1. The molecule has 3 aromatic rings. The molecular weight excluding hydrogens is 424 g/mol. The minimum atomic E-state index is -0.0338. The number of nitrogens with zero attached hydrogens (tertiary/aromatic N) is 1. The predicted octanol–water partition coefficient (Wildman–Crippen LogP) is 7.28. The van der Waals surface area contributed by atoms with E-state index in [0.717, 1.165) is 61.3 Å². The van der Waals surface area contributed by atoms with Crippen LogP contribution >= 0.6 is 22.9 Å². The van der Waals surface area contributed by atoms with Crippen LogP contribution in [0.1, 0.15) is 61.0 Å². The van der Waals surface area contributed by atoms with Crippen molar-refractivity contribution in [3.63, 3.8) is 0 Å². The molecule has 0 amide bonds. The Kier molecular flexibility index (Phi) is 8.70. The standard InChI is InChI=1S/C26H31ClN2OS/c1-3-5-16-29(17-6-4-2)18-22-23(24(30)19-12-14-21(27)15-13-19)26(28)31-25(22)20-10-8-7-9-11-20/h7-15H,3-6,16-18,28H2,1-2H3. The fourth-order valence-corrected chi connectivity index (χ4v) is 4.92. The van der Waals surface area contributed by atoms with E-state index in [9.17, 15) is 4.79 Å². The van der Waals surface area contributed by atoms with Crippen LogP contribution in [0, 0.1) is 0 Å². The van der Waals surface area contributed by atoms with Gasteiger partial charge in [0.05, 0.1) is 10.6 Å². The van der Waals surface area contributed by atoms with Crippen molar-refractivity contribution in [2.24, 2.45) is 0 Å². The lowest BCUT2D eigenvalue weighted by Crippen LogP contribution is -2.26. The van der Waals surface area contributed by atoms with Gasteiger partial charge in [-0.1, -0.05) is 68.6 Å². The summed E-state index contributed by atoms with van der Waals surface area (Å²) in [5.41, 5.74) is 9.88. The van der Waals surface area contributed by atoms with Gasteiger partial charge < -0.3 is 5.73 Å². The third-order valence-electron chi connectivity index (χ3n) is 5.44. The highest BCUT2D eigenvalue weighted by atomic mass is 35.5. The second-order valence-corrected chi connectivity index (χ2v) is 9.32. The van der Waals surface area contributed by atoms with Crippen LogP contribution in [0.2, 0.25) is 5.02 Å². The highest BCUT2D eigenvalue weighted by Gasteiger charge is 2.25. The van der Waals surface area contributed by atoms with Crippen LogP contribution in [0.3, 0.4) is 0 Å². The van der Waals surface area contributed by atoms with Crippen LogP contribution in [-0.2, 0) is 6.54 Å².